The van der Waals surface area contributed by atoms with E-state index in [9.17, 15) is 13.2 Å². The molecule has 8 nitrogen and oxygen atoms in total. The quantitative estimate of drug-likeness (QED) is 0.710. The van der Waals surface area contributed by atoms with Gasteiger partial charge in [0.2, 0.25) is 10.0 Å². The zero-order valence-corrected chi connectivity index (χ0v) is 11.3. The molecule has 1 fully saturated rings. The molecule has 0 aromatic carbocycles. The van der Waals surface area contributed by atoms with Crippen LogP contribution in [0.15, 0.2) is 4.90 Å². The number of sulfonamides is 1. The van der Waals surface area contributed by atoms with Crippen molar-refractivity contribution in [3.05, 3.63) is 11.4 Å². The Balaban J connectivity index is 2.34. The van der Waals surface area contributed by atoms with Crippen LogP contribution in [-0.2, 0) is 14.8 Å². The predicted octanol–water partition coefficient (Wildman–Crippen LogP) is -0.128. The highest BCUT2D eigenvalue weighted by Crippen LogP contribution is 2.21. The molecule has 9 heteroatoms. The van der Waals surface area contributed by atoms with Gasteiger partial charge in [0, 0.05) is 6.61 Å². The van der Waals surface area contributed by atoms with E-state index in [1.807, 2.05) is 0 Å². The number of aryl methyl sites for hydroxylation is 1. The van der Waals surface area contributed by atoms with E-state index in [2.05, 4.69) is 14.9 Å². The zero-order valence-electron chi connectivity index (χ0n) is 10.5. The summed E-state index contributed by atoms with van der Waals surface area (Å²) < 4.78 is 32.2. The average Bonchev–Trinajstić information content (AvgIpc) is 2.86. The van der Waals surface area contributed by atoms with Crippen LogP contribution in [0.1, 0.15) is 29.5 Å². The fourth-order valence-electron chi connectivity index (χ4n) is 2.04. The topological polar surface area (TPSA) is 121 Å². The van der Waals surface area contributed by atoms with Gasteiger partial charge in [0.1, 0.15) is 4.90 Å². The number of hydrogen-bond acceptors (Lipinski definition) is 5. The molecule has 106 valence electrons. The van der Waals surface area contributed by atoms with Gasteiger partial charge in [-0.25, -0.2) is 17.9 Å². The van der Waals surface area contributed by atoms with Gasteiger partial charge in [-0.1, -0.05) is 0 Å². The Kier molecular flexibility index (Phi) is 3.61. The van der Waals surface area contributed by atoms with Gasteiger partial charge in [0.05, 0.1) is 17.8 Å². The van der Waals surface area contributed by atoms with Gasteiger partial charge in [-0.3, -0.25) is 5.10 Å². The lowest BCUT2D eigenvalue weighted by Gasteiger charge is -2.16. The molecular formula is C10H15N3O5S. The Hall–Kier alpha value is -1.45. The minimum Gasteiger partial charge on any atom is -0.476 e. The van der Waals surface area contributed by atoms with E-state index in [0.717, 1.165) is 0 Å². The molecule has 2 heterocycles. The molecule has 1 aromatic heterocycles. The van der Waals surface area contributed by atoms with E-state index >= 15 is 0 Å². The highest BCUT2D eigenvalue weighted by atomic mass is 32.2. The molecule has 0 saturated carbocycles. The van der Waals surface area contributed by atoms with Gasteiger partial charge in [0.25, 0.3) is 0 Å². The second-order valence-corrected chi connectivity index (χ2v) is 6.07. The van der Waals surface area contributed by atoms with E-state index < -0.39 is 21.7 Å². The number of carbonyl (C=O) groups is 1. The average molecular weight is 289 g/mol. The largest absolute Gasteiger partial charge is 0.476 e. The van der Waals surface area contributed by atoms with Crippen LogP contribution in [0.5, 0.6) is 0 Å². The number of ether oxygens (including phenoxy) is 1. The normalized spacial score (nSPS) is 23.7. The van der Waals surface area contributed by atoms with Gasteiger partial charge < -0.3 is 9.84 Å². The first-order chi connectivity index (χ1) is 8.83. The predicted molar refractivity (Wildman–Crippen MR) is 64.4 cm³/mol. The Morgan fingerprint density at radius 3 is 2.79 bits per heavy atom. The number of nitrogens with one attached hydrogen (secondary N) is 2. The number of nitrogens with zero attached hydrogens (tertiary/aromatic N) is 1. The summed E-state index contributed by atoms with van der Waals surface area (Å²) in [4.78, 5) is 10.7. The highest BCUT2D eigenvalue weighted by molar-refractivity contribution is 7.89. The van der Waals surface area contributed by atoms with Crippen molar-refractivity contribution in [3.63, 3.8) is 0 Å². The molecule has 0 spiro atoms. The summed E-state index contributed by atoms with van der Waals surface area (Å²) in [5.41, 5.74) is -0.312. The highest BCUT2D eigenvalue weighted by Gasteiger charge is 2.33. The third-order valence-corrected chi connectivity index (χ3v) is 4.70. The number of H-pyrrole nitrogens is 1. The fourth-order valence-corrected chi connectivity index (χ4v) is 3.70. The van der Waals surface area contributed by atoms with Crippen molar-refractivity contribution < 1.29 is 23.1 Å². The lowest BCUT2D eigenvalue weighted by atomic mass is 10.2. The number of rotatable bonds is 4. The summed E-state index contributed by atoms with van der Waals surface area (Å²) in [6.45, 7) is 3.70. The molecular weight excluding hydrogens is 274 g/mol. The van der Waals surface area contributed by atoms with Crippen molar-refractivity contribution in [3.8, 4) is 0 Å². The molecule has 19 heavy (non-hydrogen) atoms. The Bertz CT molecular complexity index is 594. The summed E-state index contributed by atoms with van der Waals surface area (Å²) >= 11 is 0. The Morgan fingerprint density at radius 1 is 1.58 bits per heavy atom. The summed E-state index contributed by atoms with van der Waals surface area (Å²) in [5.74, 6) is -1.39. The van der Waals surface area contributed by atoms with E-state index in [4.69, 9.17) is 9.84 Å². The molecule has 1 saturated heterocycles. The van der Waals surface area contributed by atoms with Gasteiger partial charge in [-0.05, 0) is 20.3 Å². The van der Waals surface area contributed by atoms with Gasteiger partial charge in [-0.15, -0.1) is 0 Å². The van der Waals surface area contributed by atoms with E-state index in [-0.39, 0.29) is 22.7 Å². The maximum absolute atomic E-state index is 12.3. The number of aromatic amines is 1. The first-order valence-corrected chi connectivity index (χ1v) is 7.23. The maximum atomic E-state index is 12.3. The van der Waals surface area contributed by atoms with Crippen molar-refractivity contribution in [1.82, 2.24) is 14.9 Å². The first kappa shape index (κ1) is 14.0. The molecule has 0 amide bonds. The lowest BCUT2D eigenvalue weighted by Crippen LogP contribution is -2.39. The molecule has 1 aliphatic heterocycles. The first-order valence-electron chi connectivity index (χ1n) is 5.75. The van der Waals surface area contributed by atoms with Crippen LogP contribution >= 0.6 is 0 Å². The smallest absolute Gasteiger partial charge is 0.357 e. The van der Waals surface area contributed by atoms with Crippen LogP contribution in [-0.4, -0.2) is 48.4 Å². The van der Waals surface area contributed by atoms with Crippen LogP contribution in [0.4, 0.5) is 0 Å². The SMILES string of the molecule is Cc1[nH]nc(C(=O)O)c1S(=O)(=O)NC1CCOC1C. The van der Waals surface area contributed by atoms with Crippen molar-refractivity contribution in [2.75, 3.05) is 6.61 Å². The number of aromatic nitrogens is 2. The van der Waals surface area contributed by atoms with E-state index in [0.29, 0.717) is 13.0 Å². The maximum Gasteiger partial charge on any atom is 0.357 e. The molecule has 1 aromatic rings. The third kappa shape index (κ3) is 2.62. The van der Waals surface area contributed by atoms with Gasteiger partial charge >= 0.3 is 5.97 Å². The molecule has 1 aliphatic rings. The fraction of sp³-hybridized carbons (Fsp3) is 0.600. The molecule has 0 bridgehead atoms. The minimum atomic E-state index is -3.94. The minimum absolute atomic E-state index is 0.191. The third-order valence-electron chi connectivity index (χ3n) is 3.05. The van der Waals surface area contributed by atoms with Gasteiger partial charge in [0.15, 0.2) is 5.69 Å². The van der Waals surface area contributed by atoms with Crippen LogP contribution < -0.4 is 4.72 Å². The molecule has 2 atom stereocenters. The van der Waals surface area contributed by atoms with Crippen LogP contribution in [0, 0.1) is 6.92 Å². The number of carboxylic acid groups (broad SMARTS) is 1. The van der Waals surface area contributed by atoms with Crippen LogP contribution in [0.2, 0.25) is 0 Å². The monoisotopic (exact) mass is 289 g/mol. The molecule has 2 rings (SSSR count). The molecule has 2 unspecified atom stereocenters. The zero-order chi connectivity index (χ0) is 14.2. The molecule has 3 N–H and O–H groups in total. The number of aromatic carboxylic acids is 1. The van der Waals surface area contributed by atoms with Crippen molar-refractivity contribution in [1.29, 1.82) is 0 Å². The second-order valence-electron chi connectivity index (χ2n) is 4.42. The van der Waals surface area contributed by atoms with Crippen LogP contribution in [0.25, 0.3) is 0 Å². The van der Waals surface area contributed by atoms with E-state index in [1.54, 1.807) is 6.92 Å². The standard InChI is InChI=1S/C10H15N3O5S/c1-5-9(8(10(14)15)12-11-5)19(16,17)13-7-3-4-18-6(7)2/h6-7,13H,3-4H2,1-2H3,(H,11,12)(H,14,15). The summed E-state index contributed by atoms with van der Waals surface area (Å²) in [5, 5.41) is 14.8. The number of carboxylic acids is 1. The van der Waals surface area contributed by atoms with Gasteiger partial charge in [-0.2, -0.15) is 5.10 Å². The summed E-state index contributed by atoms with van der Waals surface area (Å²) in [6, 6.07) is -0.360. The lowest BCUT2D eigenvalue weighted by molar-refractivity contribution is 0.0686. The second kappa shape index (κ2) is 4.91. The van der Waals surface area contributed by atoms with Crippen molar-refractivity contribution >= 4 is 16.0 Å². The molecule has 0 aliphatic carbocycles. The summed E-state index contributed by atoms with van der Waals surface area (Å²) in [7, 11) is -3.94. The number of hydrogen-bond donors (Lipinski definition) is 3. The summed E-state index contributed by atoms with van der Waals surface area (Å²) in [6.07, 6.45) is 0.315. The van der Waals surface area contributed by atoms with Crippen molar-refractivity contribution in [2.45, 2.75) is 37.3 Å². The van der Waals surface area contributed by atoms with E-state index in [1.165, 1.54) is 6.92 Å². The Morgan fingerprint density at radius 2 is 2.26 bits per heavy atom. The van der Waals surface area contributed by atoms with Crippen molar-refractivity contribution in [2.24, 2.45) is 0 Å². The Labute approximate surface area is 110 Å². The van der Waals surface area contributed by atoms with Crippen LogP contribution in [0.3, 0.4) is 0 Å². The molecule has 0 radical (unpaired) electrons.